The maximum absolute atomic E-state index is 12.8. The van der Waals surface area contributed by atoms with Gasteiger partial charge in [-0.25, -0.2) is 9.78 Å². The third-order valence-electron chi connectivity index (χ3n) is 5.72. The van der Waals surface area contributed by atoms with E-state index in [-0.39, 0.29) is 36.5 Å². The second-order valence-corrected chi connectivity index (χ2v) is 8.10. The largest absolute Gasteiger partial charge is 0.488 e. The highest BCUT2D eigenvalue weighted by molar-refractivity contribution is 6.17. The normalized spacial score (nSPS) is 20.1. The first-order valence-corrected chi connectivity index (χ1v) is 10.8. The molecule has 1 aromatic rings. The number of rotatable bonds is 9. The highest BCUT2D eigenvalue weighted by Crippen LogP contribution is 2.43. The van der Waals surface area contributed by atoms with E-state index in [1.165, 1.54) is 0 Å². The van der Waals surface area contributed by atoms with Crippen LogP contribution in [0, 0.1) is 5.92 Å². The molecule has 2 unspecified atom stereocenters. The lowest BCUT2D eigenvalue weighted by atomic mass is 9.82. The van der Waals surface area contributed by atoms with Gasteiger partial charge in [-0.2, -0.15) is 0 Å². The maximum Gasteiger partial charge on any atom is 0.343 e. The molecular formula is C23H32N2O6. The molecule has 0 aromatic carbocycles. The van der Waals surface area contributed by atoms with E-state index in [4.69, 9.17) is 23.9 Å². The Morgan fingerprint density at radius 3 is 2.68 bits per heavy atom. The van der Waals surface area contributed by atoms with Gasteiger partial charge in [-0.3, -0.25) is 4.79 Å². The van der Waals surface area contributed by atoms with Crippen molar-refractivity contribution in [3.8, 4) is 11.6 Å². The van der Waals surface area contributed by atoms with Crippen LogP contribution in [0.25, 0.3) is 0 Å². The standard InChI is InChI=1S/C23H32N2O6/c1-6-30-23(27)16-13-25-17(14(2)3)10-15-11-20(31-9-7-8-28-4)22(29-5)24-21(15)18(25)12-19(16)26/h11,13-14,17-18H,6-10,12H2,1-5H3. The summed E-state index contributed by atoms with van der Waals surface area (Å²) in [4.78, 5) is 31.9. The van der Waals surface area contributed by atoms with E-state index in [1.54, 1.807) is 27.3 Å². The fourth-order valence-electron chi connectivity index (χ4n) is 4.17. The molecule has 0 amide bonds. The predicted octanol–water partition coefficient (Wildman–Crippen LogP) is 2.85. The molecule has 0 spiro atoms. The van der Waals surface area contributed by atoms with E-state index >= 15 is 0 Å². The Balaban J connectivity index is 1.97. The SMILES string of the molecule is CCOC(=O)C1=CN2C(CC1=O)c1nc(OC)c(OCCCOC)cc1CC2C(C)C. The average Bonchev–Trinajstić information content (AvgIpc) is 2.75. The number of hydrogen-bond donors (Lipinski definition) is 0. The molecule has 8 heteroatoms. The Morgan fingerprint density at radius 2 is 2.03 bits per heavy atom. The minimum absolute atomic E-state index is 0.109. The van der Waals surface area contributed by atoms with E-state index in [0.717, 1.165) is 24.1 Å². The van der Waals surface area contributed by atoms with Crippen LogP contribution in [-0.2, 0) is 25.5 Å². The molecular weight excluding hydrogens is 400 g/mol. The second kappa shape index (κ2) is 10.1. The number of aromatic nitrogens is 1. The van der Waals surface area contributed by atoms with Crippen molar-refractivity contribution in [2.24, 2.45) is 5.92 Å². The molecule has 3 heterocycles. The maximum atomic E-state index is 12.8. The average molecular weight is 433 g/mol. The fraction of sp³-hybridized carbons (Fsp3) is 0.609. The summed E-state index contributed by atoms with van der Waals surface area (Å²) in [6, 6.07) is 1.85. The Hall–Kier alpha value is -2.61. The van der Waals surface area contributed by atoms with Crippen molar-refractivity contribution in [1.82, 2.24) is 9.88 Å². The molecule has 0 bridgehead atoms. The molecule has 0 N–H and O–H groups in total. The number of carbonyl (C=O) groups is 2. The number of nitrogens with zero attached hydrogens (tertiary/aromatic N) is 2. The van der Waals surface area contributed by atoms with Crippen molar-refractivity contribution >= 4 is 11.8 Å². The van der Waals surface area contributed by atoms with Crippen LogP contribution in [0.2, 0.25) is 0 Å². The van der Waals surface area contributed by atoms with Crippen molar-refractivity contribution in [3.05, 3.63) is 29.1 Å². The van der Waals surface area contributed by atoms with Gasteiger partial charge in [-0.05, 0) is 30.9 Å². The van der Waals surface area contributed by atoms with Crippen molar-refractivity contribution in [2.45, 2.75) is 52.1 Å². The van der Waals surface area contributed by atoms with Crippen molar-refractivity contribution in [2.75, 3.05) is 34.0 Å². The van der Waals surface area contributed by atoms with E-state index in [1.807, 2.05) is 6.07 Å². The first-order valence-electron chi connectivity index (χ1n) is 10.8. The van der Waals surface area contributed by atoms with Gasteiger partial charge in [-0.15, -0.1) is 0 Å². The smallest absolute Gasteiger partial charge is 0.343 e. The lowest BCUT2D eigenvalue weighted by Gasteiger charge is -2.46. The predicted molar refractivity (Wildman–Crippen MR) is 114 cm³/mol. The molecule has 0 aliphatic carbocycles. The number of ketones is 1. The first-order chi connectivity index (χ1) is 14.9. The molecule has 31 heavy (non-hydrogen) atoms. The van der Waals surface area contributed by atoms with Crippen LogP contribution in [0.5, 0.6) is 11.6 Å². The lowest BCUT2D eigenvalue weighted by molar-refractivity contribution is -0.140. The van der Waals surface area contributed by atoms with Crippen molar-refractivity contribution in [1.29, 1.82) is 0 Å². The number of pyridine rings is 1. The van der Waals surface area contributed by atoms with Crippen molar-refractivity contribution < 1.29 is 28.5 Å². The molecule has 3 rings (SSSR count). The monoisotopic (exact) mass is 432 g/mol. The van der Waals surface area contributed by atoms with Gasteiger partial charge >= 0.3 is 5.97 Å². The van der Waals surface area contributed by atoms with Crippen LogP contribution in [0.3, 0.4) is 0 Å². The zero-order valence-corrected chi connectivity index (χ0v) is 19.0. The van der Waals surface area contributed by atoms with E-state index in [0.29, 0.717) is 30.8 Å². The highest BCUT2D eigenvalue weighted by atomic mass is 16.5. The molecule has 0 fully saturated rings. The summed E-state index contributed by atoms with van der Waals surface area (Å²) in [5.41, 5.74) is 1.95. The Morgan fingerprint density at radius 1 is 1.26 bits per heavy atom. The van der Waals surface area contributed by atoms with E-state index in [2.05, 4.69) is 18.7 Å². The number of Topliss-reactive ketones (excluding diaryl/α,β-unsaturated/α-hetero) is 1. The fourth-order valence-corrected chi connectivity index (χ4v) is 4.17. The van der Waals surface area contributed by atoms with Crippen LogP contribution in [0.15, 0.2) is 17.8 Å². The van der Waals surface area contributed by atoms with Gasteiger partial charge in [-0.1, -0.05) is 13.8 Å². The summed E-state index contributed by atoms with van der Waals surface area (Å²) in [6.45, 7) is 7.35. The summed E-state index contributed by atoms with van der Waals surface area (Å²) < 4.78 is 21.5. The van der Waals surface area contributed by atoms with Gasteiger partial charge in [0.2, 0.25) is 0 Å². The van der Waals surface area contributed by atoms with E-state index < -0.39 is 5.97 Å². The van der Waals surface area contributed by atoms with Gasteiger partial charge in [0.25, 0.3) is 5.88 Å². The summed E-state index contributed by atoms with van der Waals surface area (Å²) in [5.74, 6) is 0.502. The van der Waals surface area contributed by atoms with Gasteiger partial charge in [0.05, 0.1) is 32.1 Å². The molecule has 2 atom stereocenters. The third-order valence-corrected chi connectivity index (χ3v) is 5.72. The topological polar surface area (TPSA) is 87.2 Å². The second-order valence-electron chi connectivity index (χ2n) is 8.10. The van der Waals surface area contributed by atoms with Gasteiger partial charge in [0.15, 0.2) is 11.5 Å². The van der Waals surface area contributed by atoms with Crippen LogP contribution >= 0.6 is 0 Å². The summed E-state index contributed by atoms with van der Waals surface area (Å²) in [5, 5.41) is 0. The van der Waals surface area contributed by atoms with Gasteiger partial charge in [0, 0.05) is 38.8 Å². The highest BCUT2D eigenvalue weighted by Gasteiger charge is 2.42. The Labute approximate surface area is 183 Å². The van der Waals surface area contributed by atoms with E-state index in [9.17, 15) is 9.59 Å². The summed E-state index contributed by atoms with van der Waals surface area (Å²) in [6.07, 6.45) is 3.34. The van der Waals surface area contributed by atoms with Crippen LogP contribution in [0.1, 0.15) is 50.9 Å². The lowest BCUT2D eigenvalue weighted by Crippen LogP contribution is -2.47. The van der Waals surface area contributed by atoms with Gasteiger partial charge < -0.3 is 23.8 Å². The Kier molecular flexibility index (Phi) is 7.54. The molecule has 0 saturated heterocycles. The van der Waals surface area contributed by atoms with Gasteiger partial charge in [0.1, 0.15) is 5.57 Å². The van der Waals surface area contributed by atoms with Crippen molar-refractivity contribution in [3.63, 3.8) is 0 Å². The van der Waals surface area contributed by atoms with Crippen LogP contribution in [-0.4, -0.2) is 61.7 Å². The molecule has 170 valence electrons. The molecule has 0 radical (unpaired) electrons. The molecule has 2 aliphatic heterocycles. The number of ether oxygens (including phenoxy) is 4. The molecule has 8 nitrogen and oxygen atoms in total. The summed E-state index contributed by atoms with van der Waals surface area (Å²) >= 11 is 0. The van der Waals surface area contributed by atoms with Crippen LogP contribution < -0.4 is 9.47 Å². The minimum Gasteiger partial charge on any atom is -0.488 e. The molecule has 1 aromatic heterocycles. The number of methoxy groups -OCH3 is 2. The zero-order valence-electron chi connectivity index (χ0n) is 19.0. The number of carbonyl (C=O) groups excluding carboxylic acids is 2. The molecule has 0 saturated carbocycles. The minimum atomic E-state index is -0.565. The third kappa shape index (κ3) is 4.84. The van der Waals surface area contributed by atoms with Crippen LogP contribution in [0.4, 0.5) is 0 Å². The first kappa shape index (κ1) is 23.1. The number of hydrogen-bond acceptors (Lipinski definition) is 8. The molecule has 2 aliphatic rings. The zero-order chi connectivity index (χ0) is 22.5. The Bertz CT molecular complexity index is 851. The quantitative estimate of drug-likeness (QED) is 0.334. The number of esters is 1. The number of fused-ring (bicyclic) bond motifs is 3. The summed E-state index contributed by atoms with van der Waals surface area (Å²) in [7, 11) is 3.21.